The van der Waals surface area contributed by atoms with Crippen LogP contribution < -0.4 is 19.5 Å². The molecule has 8 heteroatoms. The monoisotopic (exact) mass is 383 g/mol. The van der Waals surface area contributed by atoms with Crippen molar-refractivity contribution >= 4 is 11.6 Å². The number of benzene rings is 2. The minimum Gasteiger partial charge on any atom is -0.497 e. The van der Waals surface area contributed by atoms with Crippen molar-refractivity contribution in [3.8, 4) is 28.7 Å². The maximum absolute atomic E-state index is 12.3. The van der Waals surface area contributed by atoms with E-state index in [0.29, 0.717) is 35.4 Å². The molecule has 8 nitrogen and oxygen atoms in total. The molecule has 0 aliphatic heterocycles. The highest BCUT2D eigenvalue weighted by Gasteiger charge is 2.13. The largest absolute Gasteiger partial charge is 0.497 e. The number of aryl methyl sites for hydroxylation is 1. The summed E-state index contributed by atoms with van der Waals surface area (Å²) in [6.07, 6.45) is 0.506. The lowest BCUT2D eigenvalue weighted by Crippen LogP contribution is -2.13. The topological polar surface area (TPSA) is 95.7 Å². The molecule has 1 amide bonds. The van der Waals surface area contributed by atoms with Crippen LogP contribution in [0, 0.1) is 0 Å². The van der Waals surface area contributed by atoms with E-state index in [0.717, 1.165) is 11.3 Å². The van der Waals surface area contributed by atoms with Gasteiger partial charge in [0, 0.05) is 24.5 Å². The number of amides is 1. The zero-order valence-electron chi connectivity index (χ0n) is 15.9. The smallest absolute Gasteiger partial charge is 0.247 e. The highest BCUT2D eigenvalue weighted by Crippen LogP contribution is 2.29. The van der Waals surface area contributed by atoms with Gasteiger partial charge in [0.1, 0.15) is 17.2 Å². The molecule has 146 valence electrons. The molecule has 1 aromatic heterocycles. The highest BCUT2D eigenvalue weighted by atomic mass is 16.5. The molecule has 0 saturated carbocycles. The van der Waals surface area contributed by atoms with E-state index in [1.165, 1.54) is 7.11 Å². The van der Waals surface area contributed by atoms with Gasteiger partial charge in [0.15, 0.2) is 0 Å². The molecular formula is C20H21N3O5. The Balaban J connectivity index is 1.60. The zero-order chi connectivity index (χ0) is 19.9. The Morgan fingerprint density at radius 1 is 0.964 bits per heavy atom. The Bertz CT molecular complexity index is 937. The van der Waals surface area contributed by atoms with Crippen LogP contribution in [-0.4, -0.2) is 37.4 Å². The summed E-state index contributed by atoms with van der Waals surface area (Å²) in [6, 6.07) is 12.5. The molecule has 2 aromatic carbocycles. The van der Waals surface area contributed by atoms with Crippen molar-refractivity contribution in [1.29, 1.82) is 0 Å². The number of anilines is 1. The number of carbonyl (C=O) groups excluding carboxylic acids is 1. The molecule has 0 atom stereocenters. The third-order valence-electron chi connectivity index (χ3n) is 4.05. The maximum Gasteiger partial charge on any atom is 0.247 e. The van der Waals surface area contributed by atoms with Gasteiger partial charge in [0.05, 0.1) is 27.0 Å². The van der Waals surface area contributed by atoms with E-state index in [-0.39, 0.29) is 12.3 Å². The van der Waals surface area contributed by atoms with Crippen LogP contribution in [0.2, 0.25) is 0 Å². The quantitative estimate of drug-likeness (QED) is 0.637. The molecule has 3 aromatic rings. The van der Waals surface area contributed by atoms with Crippen LogP contribution in [0.25, 0.3) is 11.5 Å². The standard InChI is InChI=1S/C20H21N3O5/c1-25-14-6-4-13(5-7-14)20-23-22-19(28-20)11-10-18(24)21-16-12-15(26-2)8-9-17(16)27-3/h4-9,12H,10-11H2,1-3H3,(H,21,24). The van der Waals surface area contributed by atoms with E-state index >= 15 is 0 Å². The van der Waals surface area contributed by atoms with Crippen molar-refractivity contribution in [3.05, 3.63) is 48.4 Å². The Morgan fingerprint density at radius 2 is 1.68 bits per heavy atom. The average Bonchev–Trinajstić information content (AvgIpc) is 3.21. The lowest BCUT2D eigenvalue weighted by molar-refractivity contribution is -0.116. The van der Waals surface area contributed by atoms with Crippen LogP contribution in [0.15, 0.2) is 46.9 Å². The zero-order valence-corrected chi connectivity index (χ0v) is 15.9. The fraction of sp³-hybridized carbons (Fsp3) is 0.250. The third-order valence-corrected chi connectivity index (χ3v) is 4.05. The van der Waals surface area contributed by atoms with Crippen LogP contribution in [-0.2, 0) is 11.2 Å². The number of carbonyl (C=O) groups is 1. The molecule has 0 fully saturated rings. The van der Waals surface area contributed by atoms with Gasteiger partial charge in [0.2, 0.25) is 17.7 Å². The number of nitrogens with zero attached hydrogens (tertiary/aromatic N) is 2. The number of ether oxygens (including phenoxy) is 3. The number of rotatable bonds is 8. The minimum absolute atomic E-state index is 0.185. The number of hydrogen-bond acceptors (Lipinski definition) is 7. The first kappa shape index (κ1) is 19.2. The van der Waals surface area contributed by atoms with Gasteiger partial charge < -0.3 is 23.9 Å². The predicted molar refractivity (Wildman–Crippen MR) is 103 cm³/mol. The van der Waals surface area contributed by atoms with E-state index < -0.39 is 0 Å². The minimum atomic E-state index is -0.198. The van der Waals surface area contributed by atoms with Gasteiger partial charge in [-0.25, -0.2) is 0 Å². The Morgan fingerprint density at radius 3 is 2.36 bits per heavy atom. The fourth-order valence-electron chi connectivity index (χ4n) is 2.55. The summed E-state index contributed by atoms with van der Waals surface area (Å²) in [5.74, 6) is 2.50. The van der Waals surface area contributed by atoms with Crippen molar-refractivity contribution < 1.29 is 23.4 Å². The SMILES string of the molecule is COc1ccc(-c2nnc(CCC(=O)Nc3cc(OC)ccc3OC)o2)cc1. The Kier molecular flexibility index (Phi) is 6.11. The van der Waals surface area contributed by atoms with E-state index in [2.05, 4.69) is 15.5 Å². The van der Waals surface area contributed by atoms with E-state index in [1.807, 2.05) is 24.3 Å². The molecule has 0 aliphatic rings. The normalized spacial score (nSPS) is 10.4. The molecule has 0 radical (unpaired) electrons. The van der Waals surface area contributed by atoms with Gasteiger partial charge in [0.25, 0.3) is 0 Å². The van der Waals surface area contributed by atoms with Gasteiger partial charge >= 0.3 is 0 Å². The second kappa shape index (κ2) is 8.90. The van der Waals surface area contributed by atoms with E-state index in [1.54, 1.807) is 32.4 Å². The van der Waals surface area contributed by atoms with Crippen LogP contribution in [0.1, 0.15) is 12.3 Å². The summed E-state index contributed by atoms with van der Waals surface area (Å²) in [6.45, 7) is 0. The molecule has 0 spiro atoms. The van der Waals surface area contributed by atoms with Crippen LogP contribution in [0.3, 0.4) is 0 Å². The van der Waals surface area contributed by atoms with Crippen molar-refractivity contribution in [1.82, 2.24) is 10.2 Å². The molecule has 0 bridgehead atoms. The molecular weight excluding hydrogens is 362 g/mol. The average molecular weight is 383 g/mol. The summed E-state index contributed by atoms with van der Waals surface area (Å²) in [7, 11) is 4.70. The van der Waals surface area contributed by atoms with Crippen LogP contribution in [0.4, 0.5) is 5.69 Å². The van der Waals surface area contributed by atoms with Gasteiger partial charge in [-0.05, 0) is 36.4 Å². The fourth-order valence-corrected chi connectivity index (χ4v) is 2.55. The molecule has 3 rings (SSSR count). The first-order chi connectivity index (χ1) is 13.6. The lowest BCUT2D eigenvalue weighted by Gasteiger charge is -2.11. The highest BCUT2D eigenvalue weighted by molar-refractivity contribution is 5.92. The Labute approximate surface area is 162 Å². The summed E-state index contributed by atoms with van der Waals surface area (Å²) < 4.78 is 21.2. The van der Waals surface area contributed by atoms with Crippen molar-refractivity contribution in [2.24, 2.45) is 0 Å². The number of methoxy groups -OCH3 is 3. The van der Waals surface area contributed by atoms with E-state index in [4.69, 9.17) is 18.6 Å². The lowest BCUT2D eigenvalue weighted by atomic mass is 10.2. The number of nitrogens with one attached hydrogen (secondary N) is 1. The van der Waals surface area contributed by atoms with Crippen molar-refractivity contribution in [3.63, 3.8) is 0 Å². The predicted octanol–water partition coefficient (Wildman–Crippen LogP) is 3.33. The molecule has 28 heavy (non-hydrogen) atoms. The van der Waals surface area contributed by atoms with Gasteiger partial charge in [-0.2, -0.15) is 0 Å². The summed E-state index contributed by atoms with van der Waals surface area (Å²) >= 11 is 0. The third kappa shape index (κ3) is 4.59. The summed E-state index contributed by atoms with van der Waals surface area (Å²) in [5, 5.41) is 10.8. The molecule has 0 saturated heterocycles. The van der Waals surface area contributed by atoms with Crippen LogP contribution >= 0.6 is 0 Å². The first-order valence-corrected chi connectivity index (χ1v) is 8.61. The summed E-state index contributed by atoms with van der Waals surface area (Å²) in [5.41, 5.74) is 1.32. The molecule has 0 unspecified atom stereocenters. The molecule has 1 heterocycles. The van der Waals surface area contributed by atoms with Gasteiger partial charge in [-0.3, -0.25) is 4.79 Å². The van der Waals surface area contributed by atoms with Gasteiger partial charge in [-0.15, -0.1) is 10.2 Å². The molecule has 1 N–H and O–H groups in total. The maximum atomic E-state index is 12.3. The van der Waals surface area contributed by atoms with Crippen molar-refractivity contribution in [2.45, 2.75) is 12.8 Å². The summed E-state index contributed by atoms with van der Waals surface area (Å²) in [4.78, 5) is 12.3. The number of hydrogen-bond donors (Lipinski definition) is 1. The molecule has 0 aliphatic carbocycles. The first-order valence-electron chi connectivity index (χ1n) is 8.61. The number of aromatic nitrogens is 2. The second-order valence-corrected chi connectivity index (χ2v) is 5.84. The van der Waals surface area contributed by atoms with Gasteiger partial charge in [-0.1, -0.05) is 0 Å². The Hall–Kier alpha value is -3.55. The van der Waals surface area contributed by atoms with Crippen LogP contribution in [0.5, 0.6) is 17.2 Å². The van der Waals surface area contributed by atoms with E-state index in [9.17, 15) is 4.79 Å². The second-order valence-electron chi connectivity index (χ2n) is 5.84. The van der Waals surface area contributed by atoms with Crippen molar-refractivity contribution in [2.75, 3.05) is 26.6 Å².